The van der Waals surface area contributed by atoms with Crippen molar-refractivity contribution in [2.45, 2.75) is 43.5 Å². The molecule has 0 saturated carbocycles. The van der Waals surface area contributed by atoms with Crippen molar-refractivity contribution in [2.75, 3.05) is 6.54 Å². The van der Waals surface area contributed by atoms with Gasteiger partial charge >= 0.3 is 5.97 Å². The van der Waals surface area contributed by atoms with E-state index in [2.05, 4.69) is 15.9 Å². The molecule has 116 valence electrons. The summed E-state index contributed by atoms with van der Waals surface area (Å²) in [5.74, 6) is -1.07. The lowest BCUT2D eigenvalue weighted by Gasteiger charge is -2.26. The summed E-state index contributed by atoms with van der Waals surface area (Å²) < 4.78 is 27.5. The highest BCUT2D eigenvalue weighted by atomic mass is 79.9. The number of benzene rings is 1. The molecule has 1 aromatic rings. The molecular formula is C14H18BrNO4S. The number of hydrogen-bond acceptors (Lipinski definition) is 3. The fraction of sp³-hybridized carbons (Fsp3) is 0.500. The first kappa shape index (κ1) is 16.5. The molecule has 0 spiro atoms. The molecule has 0 radical (unpaired) electrons. The predicted octanol–water partition coefficient (Wildman–Crippen LogP) is 2.78. The Morgan fingerprint density at radius 1 is 1.33 bits per heavy atom. The molecule has 7 heteroatoms. The standard InChI is InChI=1S/C14H18BrNO4S/c1-10-9-11(6-7-12(10)15)21(19,20)16-8-4-2-3-5-13(16)14(17)18/h6-7,9,13H,2-5,8H2,1H3,(H,17,18). The fourth-order valence-electron chi connectivity index (χ4n) is 2.53. The molecule has 1 aliphatic rings. The van der Waals surface area contributed by atoms with Crippen LogP contribution in [0.5, 0.6) is 0 Å². The number of halogens is 1. The molecule has 0 aliphatic carbocycles. The zero-order valence-electron chi connectivity index (χ0n) is 11.8. The molecule has 1 N–H and O–H groups in total. The van der Waals surface area contributed by atoms with E-state index >= 15 is 0 Å². The Bertz CT molecular complexity index is 644. The van der Waals surface area contributed by atoms with Crippen LogP contribution in [0.2, 0.25) is 0 Å². The Labute approximate surface area is 133 Å². The van der Waals surface area contributed by atoms with Gasteiger partial charge in [-0.3, -0.25) is 4.79 Å². The van der Waals surface area contributed by atoms with Crippen molar-refractivity contribution in [3.05, 3.63) is 28.2 Å². The van der Waals surface area contributed by atoms with Gasteiger partial charge < -0.3 is 5.11 Å². The maximum absolute atomic E-state index is 12.8. The van der Waals surface area contributed by atoms with Crippen molar-refractivity contribution < 1.29 is 18.3 Å². The number of nitrogens with zero attached hydrogens (tertiary/aromatic N) is 1. The number of hydrogen-bond donors (Lipinski definition) is 1. The normalized spacial score (nSPS) is 21.0. The van der Waals surface area contributed by atoms with Crippen molar-refractivity contribution in [2.24, 2.45) is 0 Å². The van der Waals surface area contributed by atoms with Gasteiger partial charge in [-0.25, -0.2) is 8.42 Å². The van der Waals surface area contributed by atoms with Crippen LogP contribution in [0.15, 0.2) is 27.6 Å². The summed E-state index contributed by atoms with van der Waals surface area (Å²) in [7, 11) is -3.79. The molecule has 21 heavy (non-hydrogen) atoms. The number of sulfonamides is 1. The van der Waals surface area contributed by atoms with Gasteiger partial charge in [-0.15, -0.1) is 0 Å². The molecule has 1 unspecified atom stereocenters. The highest BCUT2D eigenvalue weighted by Gasteiger charge is 2.36. The molecule has 0 amide bonds. The van der Waals surface area contributed by atoms with E-state index in [1.54, 1.807) is 19.1 Å². The van der Waals surface area contributed by atoms with Gasteiger partial charge in [0.2, 0.25) is 10.0 Å². The summed E-state index contributed by atoms with van der Waals surface area (Å²) in [6, 6.07) is 3.79. The SMILES string of the molecule is Cc1cc(S(=O)(=O)N2CCCCCC2C(=O)O)ccc1Br. The van der Waals surface area contributed by atoms with Crippen LogP contribution in [-0.4, -0.2) is 36.4 Å². The number of aryl methyl sites for hydroxylation is 1. The average molecular weight is 376 g/mol. The zero-order chi connectivity index (χ0) is 15.6. The van der Waals surface area contributed by atoms with Crippen LogP contribution in [0.3, 0.4) is 0 Å². The van der Waals surface area contributed by atoms with E-state index in [1.807, 2.05) is 0 Å². The van der Waals surface area contributed by atoms with E-state index in [4.69, 9.17) is 0 Å². The molecule has 1 atom stereocenters. The average Bonchev–Trinajstić information content (AvgIpc) is 2.67. The summed E-state index contributed by atoms with van der Waals surface area (Å²) in [4.78, 5) is 11.6. The lowest BCUT2D eigenvalue weighted by Crippen LogP contribution is -2.44. The Morgan fingerprint density at radius 3 is 2.67 bits per heavy atom. The third kappa shape index (κ3) is 3.46. The molecule has 0 aromatic heterocycles. The lowest BCUT2D eigenvalue weighted by molar-refractivity contribution is -0.141. The highest BCUT2D eigenvalue weighted by molar-refractivity contribution is 9.10. The van der Waals surface area contributed by atoms with Crippen molar-refractivity contribution in [3.63, 3.8) is 0 Å². The van der Waals surface area contributed by atoms with Crippen molar-refractivity contribution in [1.82, 2.24) is 4.31 Å². The molecule has 1 aliphatic heterocycles. The Balaban J connectivity index is 2.43. The minimum Gasteiger partial charge on any atom is -0.480 e. The van der Waals surface area contributed by atoms with Crippen LogP contribution in [0.1, 0.15) is 31.2 Å². The van der Waals surface area contributed by atoms with Crippen LogP contribution in [0.25, 0.3) is 0 Å². The van der Waals surface area contributed by atoms with Crippen LogP contribution >= 0.6 is 15.9 Å². The molecule has 1 saturated heterocycles. The van der Waals surface area contributed by atoms with Gasteiger partial charge in [-0.1, -0.05) is 28.8 Å². The molecule has 1 aromatic carbocycles. The van der Waals surface area contributed by atoms with E-state index in [1.165, 1.54) is 6.07 Å². The first-order chi connectivity index (χ1) is 9.84. The van der Waals surface area contributed by atoms with Crippen molar-refractivity contribution in [1.29, 1.82) is 0 Å². The summed E-state index contributed by atoms with van der Waals surface area (Å²) in [5.41, 5.74) is 0.803. The van der Waals surface area contributed by atoms with Gasteiger partial charge in [-0.2, -0.15) is 4.31 Å². The molecule has 0 bridgehead atoms. The second kappa shape index (κ2) is 6.46. The largest absolute Gasteiger partial charge is 0.480 e. The minimum atomic E-state index is -3.79. The fourth-order valence-corrected chi connectivity index (χ4v) is 4.51. The number of rotatable bonds is 3. The van der Waals surface area contributed by atoms with E-state index in [0.717, 1.165) is 27.2 Å². The lowest BCUT2D eigenvalue weighted by atomic mass is 10.1. The molecule has 2 rings (SSSR count). The Morgan fingerprint density at radius 2 is 2.05 bits per heavy atom. The first-order valence-corrected chi connectivity index (χ1v) is 9.08. The van der Waals surface area contributed by atoms with Crippen LogP contribution in [-0.2, 0) is 14.8 Å². The summed E-state index contributed by atoms with van der Waals surface area (Å²) in [6.45, 7) is 2.06. The van der Waals surface area contributed by atoms with Gasteiger partial charge in [0.15, 0.2) is 0 Å². The zero-order valence-corrected chi connectivity index (χ0v) is 14.2. The summed E-state index contributed by atoms with van der Waals surface area (Å²) >= 11 is 3.34. The van der Waals surface area contributed by atoms with E-state index < -0.39 is 22.0 Å². The monoisotopic (exact) mass is 375 g/mol. The highest BCUT2D eigenvalue weighted by Crippen LogP contribution is 2.27. The third-order valence-electron chi connectivity index (χ3n) is 3.72. The van der Waals surface area contributed by atoms with Gasteiger partial charge in [0, 0.05) is 11.0 Å². The summed E-state index contributed by atoms with van der Waals surface area (Å²) in [6.07, 6.45) is 2.65. The number of carbonyl (C=O) groups is 1. The van der Waals surface area contributed by atoms with Gasteiger partial charge in [0.1, 0.15) is 6.04 Å². The number of aliphatic carboxylic acids is 1. The van der Waals surface area contributed by atoms with Crippen molar-refractivity contribution >= 4 is 31.9 Å². The number of carboxylic acids is 1. The van der Waals surface area contributed by atoms with Gasteiger partial charge in [-0.05, 0) is 43.5 Å². The molecular weight excluding hydrogens is 358 g/mol. The summed E-state index contributed by atoms with van der Waals surface area (Å²) in [5, 5.41) is 9.33. The van der Waals surface area contributed by atoms with Crippen LogP contribution < -0.4 is 0 Å². The van der Waals surface area contributed by atoms with E-state index in [-0.39, 0.29) is 11.4 Å². The van der Waals surface area contributed by atoms with Crippen LogP contribution in [0.4, 0.5) is 0 Å². The second-order valence-corrected chi connectivity index (χ2v) is 7.98. The number of carboxylic acid groups (broad SMARTS) is 1. The van der Waals surface area contributed by atoms with Gasteiger partial charge in [0.25, 0.3) is 0 Å². The molecule has 5 nitrogen and oxygen atoms in total. The van der Waals surface area contributed by atoms with Crippen LogP contribution in [0, 0.1) is 6.92 Å². The minimum absolute atomic E-state index is 0.149. The first-order valence-electron chi connectivity index (χ1n) is 6.85. The van der Waals surface area contributed by atoms with E-state index in [9.17, 15) is 18.3 Å². The Hall–Kier alpha value is -0.920. The quantitative estimate of drug-likeness (QED) is 0.880. The predicted molar refractivity (Wildman–Crippen MR) is 82.7 cm³/mol. The molecule has 1 heterocycles. The maximum atomic E-state index is 12.8. The Kier molecular flexibility index (Phi) is 5.06. The smallest absolute Gasteiger partial charge is 0.322 e. The van der Waals surface area contributed by atoms with Gasteiger partial charge in [0.05, 0.1) is 4.90 Å². The second-order valence-electron chi connectivity index (χ2n) is 5.23. The van der Waals surface area contributed by atoms with E-state index in [0.29, 0.717) is 12.8 Å². The third-order valence-corrected chi connectivity index (χ3v) is 6.52. The van der Waals surface area contributed by atoms with Crippen molar-refractivity contribution in [3.8, 4) is 0 Å². The topological polar surface area (TPSA) is 74.7 Å². The molecule has 1 fully saturated rings. The maximum Gasteiger partial charge on any atom is 0.322 e.